The van der Waals surface area contributed by atoms with Gasteiger partial charge in [-0.05, 0) is 20.8 Å². The molecule has 0 radical (unpaired) electrons. The van der Waals surface area contributed by atoms with Gasteiger partial charge in [-0.2, -0.15) is 18.3 Å². The number of carboxylic acids is 1. The highest BCUT2D eigenvalue weighted by atomic mass is 19.4. The van der Waals surface area contributed by atoms with E-state index < -0.39 is 29.1 Å². The molecule has 7 heteroatoms. The van der Waals surface area contributed by atoms with Gasteiger partial charge in [0.1, 0.15) is 5.69 Å². The van der Waals surface area contributed by atoms with Gasteiger partial charge in [0.25, 0.3) is 0 Å². The predicted molar refractivity (Wildman–Crippen MR) is 49.2 cm³/mol. The second kappa shape index (κ2) is 3.50. The summed E-state index contributed by atoms with van der Waals surface area (Å²) in [7, 11) is 0. The minimum atomic E-state index is -4.64. The Hall–Kier alpha value is -1.53. The summed E-state index contributed by atoms with van der Waals surface area (Å²) < 4.78 is 38.0. The molecule has 1 N–H and O–H groups in total. The molecule has 0 atom stereocenters. The summed E-state index contributed by atoms with van der Waals surface area (Å²) in [5.74, 6) is -1.43. The van der Waals surface area contributed by atoms with Crippen molar-refractivity contribution in [3.05, 3.63) is 17.5 Å². The monoisotopic (exact) mass is 236 g/mol. The Balaban J connectivity index is 3.38. The van der Waals surface area contributed by atoms with Crippen LogP contribution in [0.25, 0.3) is 0 Å². The third-order valence-electron chi connectivity index (χ3n) is 1.85. The molecule has 0 spiro atoms. The number of alkyl halides is 3. The number of halogens is 3. The van der Waals surface area contributed by atoms with Gasteiger partial charge in [-0.3, -0.25) is 4.68 Å². The SMILES string of the molecule is CC(C)(C)n1nc(C(F)(F)F)cc1C(=O)O. The average molecular weight is 236 g/mol. The van der Waals surface area contributed by atoms with Crippen LogP contribution in [0.5, 0.6) is 0 Å². The van der Waals surface area contributed by atoms with Crippen molar-refractivity contribution >= 4 is 5.97 Å². The molecule has 0 aliphatic heterocycles. The van der Waals surface area contributed by atoms with Crippen molar-refractivity contribution in [1.82, 2.24) is 9.78 Å². The van der Waals surface area contributed by atoms with Crippen LogP contribution in [0.4, 0.5) is 13.2 Å². The van der Waals surface area contributed by atoms with Gasteiger partial charge >= 0.3 is 12.1 Å². The van der Waals surface area contributed by atoms with Crippen molar-refractivity contribution in [2.45, 2.75) is 32.5 Å². The molecule has 0 saturated heterocycles. The van der Waals surface area contributed by atoms with Gasteiger partial charge in [0, 0.05) is 6.07 Å². The van der Waals surface area contributed by atoms with E-state index in [9.17, 15) is 18.0 Å². The lowest BCUT2D eigenvalue weighted by atomic mass is 10.1. The van der Waals surface area contributed by atoms with Crippen LogP contribution in [0.1, 0.15) is 37.0 Å². The van der Waals surface area contributed by atoms with Gasteiger partial charge in [0.15, 0.2) is 5.69 Å². The minimum absolute atomic E-state index is 0.472. The molecule has 1 aromatic rings. The van der Waals surface area contributed by atoms with E-state index in [0.29, 0.717) is 6.07 Å². The van der Waals surface area contributed by atoms with E-state index in [1.807, 2.05) is 0 Å². The van der Waals surface area contributed by atoms with Gasteiger partial charge in [-0.1, -0.05) is 0 Å². The second-order valence-corrected chi connectivity index (χ2v) is 4.30. The van der Waals surface area contributed by atoms with Gasteiger partial charge in [0.2, 0.25) is 0 Å². The standard InChI is InChI=1S/C9H11F3N2O2/c1-8(2,3)14-5(7(15)16)4-6(13-14)9(10,11)12/h4H,1-3H3,(H,15,16). The Bertz CT molecular complexity index is 415. The first-order valence-electron chi connectivity index (χ1n) is 4.44. The molecule has 0 aliphatic rings. The summed E-state index contributed by atoms with van der Waals surface area (Å²) in [6, 6.07) is 0.535. The van der Waals surface area contributed by atoms with Crippen molar-refractivity contribution < 1.29 is 23.1 Å². The molecule has 0 bridgehead atoms. The number of aromatic carboxylic acids is 1. The Morgan fingerprint density at radius 1 is 1.38 bits per heavy atom. The summed E-state index contributed by atoms with van der Waals surface area (Å²) in [6.07, 6.45) is -4.64. The van der Waals surface area contributed by atoms with Crippen LogP contribution < -0.4 is 0 Å². The maximum atomic E-state index is 12.4. The van der Waals surface area contributed by atoms with E-state index in [1.165, 1.54) is 0 Å². The predicted octanol–water partition coefficient (Wildman–Crippen LogP) is 2.36. The Labute approximate surface area is 89.7 Å². The van der Waals surface area contributed by atoms with Crippen LogP contribution in [0, 0.1) is 0 Å². The topological polar surface area (TPSA) is 55.1 Å². The highest BCUT2D eigenvalue weighted by Gasteiger charge is 2.37. The van der Waals surface area contributed by atoms with E-state index in [4.69, 9.17) is 5.11 Å². The minimum Gasteiger partial charge on any atom is -0.477 e. The largest absolute Gasteiger partial charge is 0.477 e. The quantitative estimate of drug-likeness (QED) is 0.814. The number of aromatic nitrogens is 2. The third-order valence-corrected chi connectivity index (χ3v) is 1.85. The van der Waals surface area contributed by atoms with E-state index in [0.717, 1.165) is 4.68 Å². The lowest BCUT2D eigenvalue weighted by Crippen LogP contribution is -2.27. The molecule has 90 valence electrons. The lowest BCUT2D eigenvalue weighted by molar-refractivity contribution is -0.141. The normalized spacial score (nSPS) is 12.9. The van der Waals surface area contributed by atoms with E-state index in [1.54, 1.807) is 20.8 Å². The molecule has 1 heterocycles. The molecule has 1 rings (SSSR count). The molecule has 0 unspecified atom stereocenters. The fourth-order valence-corrected chi connectivity index (χ4v) is 1.18. The maximum absolute atomic E-state index is 12.4. The van der Waals surface area contributed by atoms with Crippen molar-refractivity contribution in [2.24, 2.45) is 0 Å². The molecule has 0 aromatic carbocycles. The average Bonchev–Trinajstić information content (AvgIpc) is 2.44. The molecule has 0 saturated carbocycles. The van der Waals surface area contributed by atoms with Gasteiger partial charge in [-0.25, -0.2) is 4.79 Å². The highest BCUT2D eigenvalue weighted by Crippen LogP contribution is 2.30. The second-order valence-electron chi connectivity index (χ2n) is 4.30. The molecule has 4 nitrogen and oxygen atoms in total. The van der Waals surface area contributed by atoms with Crippen molar-refractivity contribution in [1.29, 1.82) is 0 Å². The Kier molecular flexibility index (Phi) is 2.74. The highest BCUT2D eigenvalue weighted by molar-refractivity contribution is 5.85. The maximum Gasteiger partial charge on any atom is 0.435 e. The van der Waals surface area contributed by atoms with E-state index >= 15 is 0 Å². The number of hydrogen-bond donors (Lipinski definition) is 1. The first-order valence-corrected chi connectivity index (χ1v) is 4.44. The van der Waals surface area contributed by atoms with Gasteiger partial charge in [0.05, 0.1) is 5.54 Å². The van der Waals surface area contributed by atoms with E-state index in [2.05, 4.69) is 5.10 Å². The van der Waals surface area contributed by atoms with E-state index in [-0.39, 0.29) is 0 Å². The number of rotatable bonds is 1. The molecule has 0 amide bonds. The van der Waals surface area contributed by atoms with Crippen LogP contribution in [0.2, 0.25) is 0 Å². The fraction of sp³-hybridized carbons (Fsp3) is 0.556. The Morgan fingerprint density at radius 3 is 2.12 bits per heavy atom. The first-order chi connectivity index (χ1) is 7.03. The molecular formula is C9H11F3N2O2. The molecular weight excluding hydrogens is 225 g/mol. The van der Waals surface area contributed by atoms with Crippen LogP contribution >= 0.6 is 0 Å². The summed E-state index contributed by atoms with van der Waals surface area (Å²) >= 11 is 0. The van der Waals surface area contributed by atoms with Crippen molar-refractivity contribution in [2.75, 3.05) is 0 Å². The Morgan fingerprint density at radius 2 is 1.88 bits per heavy atom. The third kappa shape index (κ3) is 2.34. The summed E-state index contributed by atoms with van der Waals surface area (Å²) in [5, 5.41) is 12.1. The molecule has 1 aromatic heterocycles. The van der Waals surface area contributed by atoms with Gasteiger partial charge in [-0.15, -0.1) is 0 Å². The molecule has 0 aliphatic carbocycles. The lowest BCUT2D eigenvalue weighted by Gasteiger charge is -2.20. The number of hydrogen-bond acceptors (Lipinski definition) is 2. The number of nitrogens with zero attached hydrogens (tertiary/aromatic N) is 2. The summed E-state index contributed by atoms with van der Waals surface area (Å²) in [4.78, 5) is 10.8. The van der Waals surface area contributed by atoms with Gasteiger partial charge < -0.3 is 5.11 Å². The number of carbonyl (C=O) groups is 1. The van der Waals surface area contributed by atoms with Crippen LogP contribution in [-0.2, 0) is 11.7 Å². The molecule has 0 fully saturated rings. The summed E-state index contributed by atoms with van der Waals surface area (Å²) in [6.45, 7) is 4.73. The number of carboxylic acid groups (broad SMARTS) is 1. The van der Waals surface area contributed by atoms with Crippen molar-refractivity contribution in [3.8, 4) is 0 Å². The first kappa shape index (κ1) is 12.5. The van der Waals surface area contributed by atoms with Crippen LogP contribution in [-0.4, -0.2) is 20.9 Å². The van der Waals surface area contributed by atoms with Crippen molar-refractivity contribution in [3.63, 3.8) is 0 Å². The van der Waals surface area contributed by atoms with Crippen LogP contribution in [0.15, 0.2) is 6.07 Å². The summed E-state index contributed by atoms with van der Waals surface area (Å²) in [5.41, 5.74) is -2.49. The zero-order chi connectivity index (χ0) is 12.7. The molecule has 16 heavy (non-hydrogen) atoms. The zero-order valence-corrected chi connectivity index (χ0v) is 8.96. The fourth-order valence-electron chi connectivity index (χ4n) is 1.18. The smallest absolute Gasteiger partial charge is 0.435 e. The zero-order valence-electron chi connectivity index (χ0n) is 8.96. The van der Waals surface area contributed by atoms with Crippen LogP contribution in [0.3, 0.4) is 0 Å².